The van der Waals surface area contributed by atoms with Gasteiger partial charge in [-0.2, -0.15) is 0 Å². The van der Waals surface area contributed by atoms with Crippen LogP contribution in [-0.2, 0) is 10.7 Å². The number of carboxylic acid groups (broad SMARTS) is 1. The van der Waals surface area contributed by atoms with E-state index >= 15 is 0 Å². The molecule has 1 N–H and O–H groups in total. The first-order valence-electron chi connectivity index (χ1n) is 4.27. The van der Waals surface area contributed by atoms with Crippen molar-refractivity contribution in [1.82, 2.24) is 0 Å². The molecule has 0 aliphatic heterocycles. The highest BCUT2D eigenvalue weighted by Gasteiger charge is 2.31. The minimum atomic E-state index is -3.07. The molecule has 5 heteroatoms. The van der Waals surface area contributed by atoms with E-state index < -0.39 is 24.7 Å². The monoisotopic (exact) mass is 326 g/mol. The summed E-state index contributed by atoms with van der Waals surface area (Å²) in [5.41, 5.74) is -0.135. The number of rotatable bonds is 4. The lowest BCUT2D eigenvalue weighted by atomic mass is 10.0. The summed E-state index contributed by atoms with van der Waals surface area (Å²) in [4.78, 5) is 10.2. The number of alkyl halides is 2. The summed E-state index contributed by atoms with van der Waals surface area (Å²) in [6, 6.07) is 5.79. The first kappa shape index (κ1) is 12.4. The second-order valence-electron chi connectivity index (χ2n) is 3.11. The molecule has 0 heterocycles. The summed E-state index contributed by atoms with van der Waals surface area (Å²) >= 11 is 2.02. The van der Waals surface area contributed by atoms with Crippen molar-refractivity contribution in [2.24, 2.45) is 0 Å². The third kappa shape index (κ3) is 3.73. The van der Waals surface area contributed by atoms with E-state index in [2.05, 4.69) is 0 Å². The summed E-state index contributed by atoms with van der Waals surface area (Å²) in [5.74, 6) is -4.27. The molecule has 0 bridgehead atoms. The number of carboxylic acids is 1. The SMILES string of the molecule is O=C(O)CCC(F)(F)c1ccc(I)cc1. The minimum absolute atomic E-state index is 0.135. The Bertz CT molecular complexity index is 349. The summed E-state index contributed by atoms with van der Waals surface area (Å²) in [6.45, 7) is 0. The molecule has 0 spiro atoms. The fourth-order valence-corrected chi connectivity index (χ4v) is 1.46. The van der Waals surface area contributed by atoms with E-state index in [1.165, 1.54) is 12.1 Å². The second kappa shape index (κ2) is 4.87. The van der Waals surface area contributed by atoms with Crippen molar-refractivity contribution in [3.8, 4) is 0 Å². The number of hydrogen-bond acceptors (Lipinski definition) is 1. The first-order chi connectivity index (χ1) is 6.92. The predicted molar refractivity (Wildman–Crippen MR) is 59.9 cm³/mol. The lowest BCUT2D eigenvalue weighted by Crippen LogP contribution is -2.15. The molecule has 0 radical (unpaired) electrons. The molecular formula is C10H9F2IO2. The van der Waals surface area contributed by atoms with E-state index in [4.69, 9.17) is 5.11 Å². The highest BCUT2D eigenvalue weighted by molar-refractivity contribution is 14.1. The van der Waals surface area contributed by atoms with E-state index in [-0.39, 0.29) is 5.56 Å². The van der Waals surface area contributed by atoms with Gasteiger partial charge in [0.2, 0.25) is 0 Å². The third-order valence-corrected chi connectivity index (χ3v) is 2.64. The molecule has 0 atom stereocenters. The molecule has 0 aliphatic rings. The summed E-state index contributed by atoms with van der Waals surface area (Å²) < 4.78 is 27.6. The quantitative estimate of drug-likeness (QED) is 0.863. The Balaban J connectivity index is 2.76. The molecule has 1 aromatic rings. The van der Waals surface area contributed by atoms with E-state index in [1.54, 1.807) is 12.1 Å². The highest BCUT2D eigenvalue weighted by atomic mass is 127. The maximum atomic E-state index is 13.4. The van der Waals surface area contributed by atoms with Gasteiger partial charge in [-0.05, 0) is 34.7 Å². The van der Waals surface area contributed by atoms with Crippen LogP contribution in [0.15, 0.2) is 24.3 Å². The number of halogens is 3. The fourth-order valence-electron chi connectivity index (χ4n) is 1.10. The summed E-state index contributed by atoms with van der Waals surface area (Å²) in [7, 11) is 0. The van der Waals surface area contributed by atoms with Gasteiger partial charge in [0.05, 0.1) is 6.42 Å². The van der Waals surface area contributed by atoms with E-state index in [9.17, 15) is 13.6 Å². The van der Waals surface area contributed by atoms with Crippen molar-refractivity contribution in [2.45, 2.75) is 18.8 Å². The molecule has 1 aromatic carbocycles. The van der Waals surface area contributed by atoms with Crippen molar-refractivity contribution < 1.29 is 18.7 Å². The Morgan fingerprint density at radius 1 is 1.33 bits per heavy atom. The van der Waals surface area contributed by atoms with E-state index in [1.807, 2.05) is 22.6 Å². The zero-order valence-corrected chi connectivity index (χ0v) is 9.87. The van der Waals surface area contributed by atoms with E-state index in [0.717, 1.165) is 3.57 Å². The molecule has 15 heavy (non-hydrogen) atoms. The van der Waals surface area contributed by atoms with Crippen LogP contribution in [0.5, 0.6) is 0 Å². The van der Waals surface area contributed by atoms with Crippen LogP contribution < -0.4 is 0 Å². The van der Waals surface area contributed by atoms with Gasteiger partial charge in [-0.3, -0.25) is 4.79 Å². The Kier molecular flexibility index (Phi) is 4.01. The summed E-state index contributed by atoms with van der Waals surface area (Å²) in [5, 5.41) is 8.33. The van der Waals surface area contributed by atoms with Gasteiger partial charge >= 0.3 is 5.97 Å². The Morgan fingerprint density at radius 2 is 1.87 bits per heavy atom. The second-order valence-corrected chi connectivity index (χ2v) is 4.35. The molecule has 0 amide bonds. The number of carbonyl (C=O) groups is 1. The van der Waals surface area contributed by atoms with Gasteiger partial charge in [-0.1, -0.05) is 12.1 Å². The maximum Gasteiger partial charge on any atom is 0.303 e. The van der Waals surface area contributed by atoms with Crippen LogP contribution in [0, 0.1) is 3.57 Å². The van der Waals surface area contributed by atoms with Gasteiger partial charge < -0.3 is 5.11 Å². The van der Waals surface area contributed by atoms with Gasteiger partial charge in [0.1, 0.15) is 0 Å². The van der Waals surface area contributed by atoms with Crippen LogP contribution in [0.4, 0.5) is 8.78 Å². The molecule has 0 aromatic heterocycles. The van der Waals surface area contributed by atoms with Crippen molar-refractivity contribution >= 4 is 28.6 Å². The standard InChI is InChI=1S/C10H9F2IO2/c11-10(12,6-5-9(14)15)7-1-3-8(13)4-2-7/h1-4H,5-6H2,(H,14,15). The Labute approximate surface area is 99.4 Å². The Morgan fingerprint density at radius 3 is 2.33 bits per heavy atom. The van der Waals surface area contributed by atoms with Gasteiger partial charge in [0.15, 0.2) is 0 Å². The van der Waals surface area contributed by atoms with Crippen molar-refractivity contribution in [1.29, 1.82) is 0 Å². The van der Waals surface area contributed by atoms with Gasteiger partial charge in [-0.25, -0.2) is 8.78 Å². The van der Waals surface area contributed by atoms with Gasteiger partial charge in [-0.15, -0.1) is 0 Å². The maximum absolute atomic E-state index is 13.4. The third-order valence-electron chi connectivity index (χ3n) is 1.92. The van der Waals surface area contributed by atoms with Crippen molar-refractivity contribution in [3.63, 3.8) is 0 Å². The first-order valence-corrected chi connectivity index (χ1v) is 5.35. The number of benzene rings is 1. The van der Waals surface area contributed by atoms with Crippen LogP contribution in [0.2, 0.25) is 0 Å². The average Bonchev–Trinajstić information content (AvgIpc) is 2.16. The molecule has 0 aliphatic carbocycles. The van der Waals surface area contributed by atoms with Crippen LogP contribution in [-0.4, -0.2) is 11.1 Å². The molecule has 0 unspecified atom stereocenters. The zero-order chi connectivity index (χ0) is 11.5. The van der Waals surface area contributed by atoms with Crippen molar-refractivity contribution in [3.05, 3.63) is 33.4 Å². The molecule has 0 saturated carbocycles. The molecule has 0 fully saturated rings. The number of aliphatic carboxylic acids is 1. The minimum Gasteiger partial charge on any atom is -0.481 e. The molecule has 0 saturated heterocycles. The smallest absolute Gasteiger partial charge is 0.303 e. The van der Waals surface area contributed by atoms with Crippen LogP contribution in [0.25, 0.3) is 0 Å². The van der Waals surface area contributed by atoms with Crippen LogP contribution >= 0.6 is 22.6 Å². The predicted octanol–water partition coefficient (Wildman–Crippen LogP) is 3.25. The lowest BCUT2D eigenvalue weighted by molar-refractivity contribution is -0.139. The largest absolute Gasteiger partial charge is 0.481 e. The van der Waals surface area contributed by atoms with E-state index in [0.29, 0.717) is 0 Å². The number of hydrogen-bond donors (Lipinski definition) is 1. The van der Waals surface area contributed by atoms with Gasteiger partial charge in [0, 0.05) is 15.6 Å². The zero-order valence-electron chi connectivity index (χ0n) is 7.71. The van der Waals surface area contributed by atoms with Gasteiger partial charge in [0.25, 0.3) is 5.92 Å². The molecule has 2 nitrogen and oxygen atoms in total. The fraction of sp³-hybridized carbons (Fsp3) is 0.300. The molecule has 82 valence electrons. The normalized spacial score (nSPS) is 11.4. The Hall–Kier alpha value is -0.720. The summed E-state index contributed by atoms with van der Waals surface area (Å²) in [6.07, 6.45) is -1.19. The topological polar surface area (TPSA) is 37.3 Å². The average molecular weight is 326 g/mol. The van der Waals surface area contributed by atoms with Crippen LogP contribution in [0.3, 0.4) is 0 Å². The van der Waals surface area contributed by atoms with Crippen molar-refractivity contribution in [2.75, 3.05) is 0 Å². The van der Waals surface area contributed by atoms with Crippen LogP contribution in [0.1, 0.15) is 18.4 Å². The molecule has 1 rings (SSSR count). The lowest BCUT2D eigenvalue weighted by Gasteiger charge is -2.15. The highest BCUT2D eigenvalue weighted by Crippen LogP contribution is 2.32. The molecular weight excluding hydrogens is 317 g/mol.